The molecule has 0 aromatic heterocycles. The largest absolute Gasteiger partial charge is 0.494 e. The Hall–Kier alpha value is -1.90. The van der Waals surface area contributed by atoms with Crippen molar-refractivity contribution in [2.45, 2.75) is 25.6 Å². The van der Waals surface area contributed by atoms with Crippen LogP contribution in [0.1, 0.15) is 19.4 Å². The third kappa shape index (κ3) is 7.41. The lowest BCUT2D eigenvalue weighted by Gasteiger charge is -2.28. The van der Waals surface area contributed by atoms with E-state index in [1.807, 2.05) is 31.2 Å². The SMILES string of the molecule is CCOc1ccc(N([C@H](C)C(=O)NCCSCc2cccc(Cl)c2)S(C)(=O)=O)cc1. The number of ether oxygens (including phenoxy) is 1. The summed E-state index contributed by atoms with van der Waals surface area (Å²) >= 11 is 7.64. The summed E-state index contributed by atoms with van der Waals surface area (Å²) in [4.78, 5) is 12.6. The van der Waals surface area contributed by atoms with Gasteiger partial charge in [0.05, 0.1) is 18.6 Å². The number of nitrogens with one attached hydrogen (secondary N) is 1. The standard InChI is InChI=1S/C21H27ClN2O4S2/c1-4-28-20-10-8-19(9-11-20)24(30(3,26)27)16(2)21(25)23-12-13-29-15-17-6-5-7-18(22)14-17/h5-11,14,16H,4,12-13,15H2,1-3H3,(H,23,25)/t16-/m1/s1. The summed E-state index contributed by atoms with van der Waals surface area (Å²) in [5.74, 6) is 1.78. The van der Waals surface area contributed by atoms with Crippen molar-refractivity contribution in [3.63, 3.8) is 0 Å². The van der Waals surface area contributed by atoms with Crippen LogP contribution in [-0.2, 0) is 20.6 Å². The number of nitrogens with zero attached hydrogens (tertiary/aromatic N) is 1. The molecule has 1 amide bonds. The molecular weight excluding hydrogens is 444 g/mol. The van der Waals surface area contributed by atoms with E-state index in [0.717, 1.165) is 21.9 Å². The Bertz CT molecular complexity index is 936. The average molecular weight is 471 g/mol. The van der Waals surface area contributed by atoms with E-state index in [1.165, 1.54) is 0 Å². The predicted octanol–water partition coefficient (Wildman–Crippen LogP) is 3.94. The van der Waals surface area contributed by atoms with Crippen molar-refractivity contribution in [2.24, 2.45) is 0 Å². The average Bonchev–Trinajstić information content (AvgIpc) is 2.68. The van der Waals surface area contributed by atoms with Crippen LogP contribution in [0.3, 0.4) is 0 Å². The van der Waals surface area contributed by atoms with Gasteiger partial charge >= 0.3 is 0 Å². The summed E-state index contributed by atoms with van der Waals surface area (Å²) in [5.41, 5.74) is 1.53. The number of hydrogen-bond acceptors (Lipinski definition) is 5. The van der Waals surface area contributed by atoms with Crippen LogP contribution in [-0.4, -0.2) is 45.5 Å². The van der Waals surface area contributed by atoms with E-state index in [-0.39, 0.29) is 5.91 Å². The molecule has 1 atom stereocenters. The summed E-state index contributed by atoms with van der Waals surface area (Å²) in [6.07, 6.45) is 1.09. The lowest BCUT2D eigenvalue weighted by Crippen LogP contribution is -2.48. The maximum atomic E-state index is 12.6. The van der Waals surface area contributed by atoms with Crippen molar-refractivity contribution < 1.29 is 17.9 Å². The Morgan fingerprint density at radius 3 is 2.53 bits per heavy atom. The summed E-state index contributed by atoms with van der Waals surface area (Å²) in [7, 11) is -3.65. The highest BCUT2D eigenvalue weighted by atomic mass is 35.5. The summed E-state index contributed by atoms with van der Waals surface area (Å²) in [5, 5.41) is 3.52. The number of sulfonamides is 1. The first kappa shape index (κ1) is 24.4. The smallest absolute Gasteiger partial charge is 0.243 e. The molecule has 0 fully saturated rings. The lowest BCUT2D eigenvalue weighted by molar-refractivity contribution is -0.121. The van der Waals surface area contributed by atoms with Crippen molar-refractivity contribution in [3.8, 4) is 5.75 Å². The molecule has 0 spiro atoms. The van der Waals surface area contributed by atoms with Crippen LogP contribution < -0.4 is 14.4 Å². The van der Waals surface area contributed by atoms with Gasteiger partial charge in [-0.2, -0.15) is 11.8 Å². The fourth-order valence-electron chi connectivity index (χ4n) is 2.88. The molecule has 0 radical (unpaired) electrons. The Kier molecular flexibility index (Phi) is 9.33. The number of halogens is 1. The van der Waals surface area contributed by atoms with Gasteiger partial charge < -0.3 is 10.1 Å². The molecule has 6 nitrogen and oxygen atoms in total. The van der Waals surface area contributed by atoms with Gasteiger partial charge in [0.1, 0.15) is 11.8 Å². The molecule has 0 aliphatic carbocycles. The molecule has 0 saturated heterocycles. The van der Waals surface area contributed by atoms with Crippen molar-refractivity contribution in [2.75, 3.05) is 29.5 Å². The van der Waals surface area contributed by atoms with E-state index in [9.17, 15) is 13.2 Å². The van der Waals surface area contributed by atoms with Crippen LogP contribution in [0.2, 0.25) is 5.02 Å². The molecule has 0 aliphatic rings. The number of carbonyl (C=O) groups excluding carboxylic acids is 1. The highest BCUT2D eigenvalue weighted by molar-refractivity contribution is 7.98. The Morgan fingerprint density at radius 2 is 1.93 bits per heavy atom. The predicted molar refractivity (Wildman–Crippen MR) is 125 cm³/mol. The monoisotopic (exact) mass is 470 g/mol. The van der Waals surface area contributed by atoms with Crippen LogP contribution in [0.4, 0.5) is 5.69 Å². The van der Waals surface area contributed by atoms with E-state index in [4.69, 9.17) is 16.3 Å². The van der Waals surface area contributed by atoms with E-state index < -0.39 is 16.1 Å². The second-order valence-electron chi connectivity index (χ2n) is 6.64. The van der Waals surface area contributed by atoms with Gasteiger partial charge in [-0.1, -0.05) is 23.7 Å². The summed E-state index contributed by atoms with van der Waals surface area (Å²) < 4.78 is 31.2. The Morgan fingerprint density at radius 1 is 1.23 bits per heavy atom. The van der Waals surface area contributed by atoms with Gasteiger partial charge in [-0.05, 0) is 55.8 Å². The zero-order valence-electron chi connectivity index (χ0n) is 17.3. The van der Waals surface area contributed by atoms with Gasteiger partial charge in [0.2, 0.25) is 15.9 Å². The Labute approximate surface area is 188 Å². The second-order valence-corrected chi connectivity index (χ2v) is 10.0. The maximum Gasteiger partial charge on any atom is 0.243 e. The molecular formula is C21H27ClN2O4S2. The van der Waals surface area contributed by atoms with Crippen molar-refractivity contribution in [3.05, 3.63) is 59.1 Å². The first-order valence-corrected chi connectivity index (χ1v) is 12.9. The summed E-state index contributed by atoms with van der Waals surface area (Å²) in [6.45, 7) is 4.40. The van der Waals surface area contributed by atoms with Gasteiger partial charge in [-0.15, -0.1) is 0 Å². The van der Waals surface area contributed by atoms with Crippen molar-refractivity contribution in [1.82, 2.24) is 5.32 Å². The van der Waals surface area contributed by atoms with E-state index >= 15 is 0 Å². The first-order valence-electron chi connectivity index (χ1n) is 9.54. The third-order valence-corrected chi connectivity index (χ3v) is 6.70. The zero-order valence-corrected chi connectivity index (χ0v) is 19.7. The van der Waals surface area contributed by atoms with Crippen LogP contribution in [0.25, 0.3) is 0 Å². The highest BCUT2D eigenvalue weighted by Gasteiger charge is 2.28. The highest BCUT2D eigenvalue weighted by Crippen LogP contribution is 2.24. The molecule has 0 aliphatic heterocycles. The number of anilines is 1. The molecule has 0 heterocycles. The van der Waals surface area contributed by atoms with Gasteiger partial charge in [0.25, 0.3) is 0 Å². The molecule has 2 rings (SSSR count). The minimum absolute atomic E-state index is 0.349. The number of thioether (sulfide) groups is 1. The lowest BCUT2D eigenvalue weighted by atomic mass is 10.2. The third-order valence-electron chi connectivity index (χ3n) is 4.19. The molecule has 2 aromatic carbocycles. The van der Waals surface area contributed by atoms with Gasteiger partial charge in [-0.25, -0.2) is 8.42 Å². The normalized spacial score (nSPS) is 12.3. The topological polar surface area (TPSA) is 75.7 Å². The second kappa shape index (κ2) is 11.5. The zero-order chi connectivity index (χ0) is 22.1. The van der Waals surface area contributed by atoms with Gasteiger partial charge in [0.15, 0.2) is 0 Å². The number of amides is 1. The fourth-order valence-corrected chi connectivity index (χ4v) is 5.07. The molecule has 1 N–H and O–H groups in total. The summed E-state index contributed by atoms with van der Waals surface area (Å²) in [6, 6.07) is 13.4. The number of carbonyl (C=O) groups is 1. The van der Waals surface area contributed by atoms with Crippen LogP contribution >= 0.6 is 23.4 Å². The molecule has 164 valence electrons. The fraction of sp³-hybridized carbons (Fsp3) is 0.381. The number of rotatable bonds is 11. The minimum atomic E-state index is -3.65. The van der Waals surface area contributed by atoms with Gasteiger partial charge in [-0.3, -0.25) is 9.10 Å². The van der Waals surface area contributed by atoms with Crippen molar-refractivity contribution in [1.29, 1.82) is 0 Å². The molecule has 9 heteroatoms. The number of benzene rings is 2. The quantitative estimate of drug-likeness (QED) is 0.503. The molecule has 0 unspecified atom stereocenters. The molecule has 2 aromatic rings. The molecule has 0 saturated carbocycles. The molecule has 30 heavy (non-hydrogen) atoms. The van der Waals surface area contributed by atoms with E-state index in [1.54, 1.807) is 43.0 Å². The number of hydrogen-bond donors (Lipinski definition) is 1. The van der Waals surface area contributed by atoms with Crippen LogP contribution in [0.5, 0.6) is 5.75 Å². The van der Waals surface area contributed by atoms with Crippen molar-refractivity contribution >= 4 is 45.0 Å². The van der Waals surface area contributed by atoms with Gasteiger partial charge in [0, 0.05) is 23.1 Å². The van der Waals surface area contributed by atoms with Crippen LogP contribution in [0.15, 0.2) is 48.5 Å². The van der Waals surface area contributed by atoms with Crippen LogP contribution in [0, 0.1) is 0 Å². The van der Waals surface area contributed by atoms with E-state index in [2.05, 4.69) is 5.32 Å². The minimum Gasteiger partial charge on any atom is -0.494 e. The molecule has 0 bridgehead atoms. The van der Waals surface area contributed by atoms with E-state index in [0.29, 0.717) is 35.4 Å². The Balaban J connectivity index is 1.92. The maximum absolute atomic E-state index is 12.6. The first-order chi connectivity index (χ1) is 14.2.